The summed E-state index contributed by atoms with van der Waals surface area (Å²) in [5.41, 5.74) is 0.683. The van der Waals surface area contributed by atoms with Crippen LogP contribution in [-0.2, 0) is 25.1 Å². The van der Waals surface area contributed by atoms with Crippen LogP contribution in [0.15, 0.2) is 28.5 Å². The van der Waals surface area contributed by atoms with Crippen molar-refractivity contribution in [3.8, 4) is 0 Å². The molecule has 0 radical (unpaired) electrons. The highest BCUT2D eigenvalue weighted by molar-refractivity contribution is 8.00. The van der Waals surface area contributed by atoms with Gasteiger partial charge in [0, 0.05) is 17.7 Å². The first-order valence-corrected chi connectivity index (χ1v) is 10.7. The molecule has 3 heterocycles. The second kappa shape index (κ2) is 6.65. The lowest BCUT2D eigenvalue weighted by Gasteiger charge is -2.50. The first-order chi connectivity index (χ1) is 11.3. The van der Waals surface area contributed by atoms with Gasteiger partial charge >= 0.3 is 7.60 Å². The smallest absolute Gasteiger partial charge is 0.341 e. The largest absolute Gasteiger partial charge is 0.374 e. The summed E-state index contributed by atoms with van der Waals surface area (Å²) < 4.78 is 16.9. The fourth-order valence-electron chi connectivity index (χ4n) is 2.73. The minimum Gasteiger partial charge on any atom is -0.341 e. The molecule has 1 unspecified atom stereocenters. The number of nitrogens with zero attached hydrogens (tertiary/aromatic N) is 1. The first-order valence-electron chi connectivity index (χ1n) is 7.20. The van der Waals surface area contributed by atoms with E-state index in [1.807, 2.05) is 17.5 Å². The zero-order valence-corrected chi connectivity index (χ0v) is 15.6. The van der Waals surface area contributed by atoms with Crippen LogP contribution in [0, 0.1) is 0 Å². The van der Waals surface area contributed by atoms with Crippen molar-refractivity contribution in [1.82, 2.24) is 10.2 Å². The van der Waals surface area contributed by atoms with Gasteiger partial charge < -0.3 is 14.7 Å². The number of rotatable bonds is 5. The van der Waals surface area contributed by atoms with E-state index in [1.165, 1.54) is 28.0 Å². The highest BCUT2D eigenvalue weighted by Gasteiger charge is 2.55. The zero-order valence-electron chi connectivity index (χ0n) is 13.1. The number of nitrogens with one attached hydrogen (secondary N) is 1. The van der Waals surface area contributed by atoms with E-state index in [0.29, 0.717) is 11.3 Å². The zero-order chi connectivity index (χ0) is 17.5. The van der Waals surface area contributed by atoms with Crippen molar-refractivity contribution in [3.05, 3.63) is 33.4 Å². The number of thiophene rings is 1. The average Bonchev–Trinajstić information content (AvgIpc) is 3.05. The van der Waals surface area contributed by atoms with Gasteiger partial charge in [-0.15, -0.1) is 23.1 Å². The van der Waals surface area contributed by atoms with Gasteiger partial charge in [-0.25, -0.2) is 0 Å². The van der Waals surface area contributed by atoms with Crippen molar-refractivity contribution in [2.45, 2.75) is 24.8 Å². The summed E-state index contributed by atoms with van der Waals surface area (Å²) in [5, 5.41) is 4.24. The van der Waals surface area contributed by atoms with Gasteiger partial charge in [0.15, 0.2) is 0 Å². The number of hydrogen-bond donors (Lipinski definition) is 2. The molecule has 130 valence electrons. The fraction of sp³-hybridized carbons (Fsp3) is 0.429. The van der Waals surface area contributed by atoms with E-state index < -0.39 is 13.6 Å². The lowest BCUT2D eigenvalue weighted by atomic mass is 10.1. The number of amides is 2. The molecule has 1 aromatic rings. The van der Waals surface area contributed by atoms with Gasteiger partial charge in [-0.1, -0.05) is 6.07 Å². The summed E-state index contributed by atoms with van der Waals surface area (Å²) in [7, 11) is -2.89. The second-order valence-corrected chi connectivity index (χ2v) is 9.48. The Bertz CT molecular complexity index is 748. The molecule has 3 rings (SSSR count). The Kier molecular flexibility index (Phi) is 4.90. The summed E-state index contributed by atoms with van der Waals surface area (Å²) in [6.07, 6.45) is 0.219. The number of fused-ring (bicyclic) bond motifs is 1. The predicted octanol–water partition coefficient (Wildman–Crippen LogP) is 1.75. The van der Waals surface area contributed by atoms with Crippen LogP contribution in [0.5, 0.6) is 0 Å². The standard InChI is InChI=1S/C14H17N2O5PS2/c1-8-7-24-14-11(15-10(17)6-9-4-3-5-23-9)12(18)16(14)13(8)22(19,20)21-2/h3-5,11,14H,6-7H2,1-2H3,(H,15,17)(H,19,20)/t11-,14+/m1/s1. The molecule has 0 aromatic carbocycles. The van der Waals surface area contributed by atoms with Gasteiger partial charge in [-0.05, 0) is 23.9 Å². The summed E-state index contributed by atoms with van der Waals surface area (Å²) in [6.45, 7) is 1.70. The topological polar surface area (TPSA) is 95.9 Å². The van der Waals surface area contributed by atoms with Crippen molar-refractivity contribution in [2.24, 2.45) is 0 Å². The van der Waals surface area contributed by atoms with Crippen LogP contribution in [0.4, 0.5) is 0 Å². The molecule has 10 heteroatoms. The SMILES string of the molecule is COP(=O)(O)C1=C(C)CS[C@H]2[C@H](NC(=O)Cc3cccs3)C(=O)N12. The van der Waals surface area contributed by atoms with Crippen LogP contribution in [0.2, 0.25) is 0 Å². The summed E-state index contributed by atoms with van der Waals surface area (Å²) in [5.74, 6) is -0.107. The van der Waals surface area contributed by atoms with Gasteiger partial charge in [-0.2, -0.15) is 0 Å². The van der Waals surface area contributed by atoms with Crippen molar-refractivity contribution >= 4 is 42.5 Å². The molecular weight excluding hydrogens is 371 g/mol. The Morgan fingerprint density at radius 3 is 2.96 bits per heavy atom. The van der Waals surface area contributed by atoms with E-state index in [0.717, 1.165) is 12.0 Å². The highest BCUT2D eigenvalue weighted by Crippen LogP contribution is 2.58. The van der Waals surface area contributed by atoms with Crippen LogP contribution in [0.25, 0.3) is 0 Å². The molecule has 1 fully saturated rings. The van der Waals surface area contributed by atoms with Gasteiger partial charge in [0.1, 0.15) is 16.9 Å². The van der Waals surface area contributed by atoms with Crippen LogP contribution in [0.1, 0.15) is 11.8 Å². The van der Waals surface area contributed by atoms with Gasteiger partial charge in [0.05, 0.1) is 6.42 Å². The number of β-lactam (4-membered cyclic amide) rings is 1. The molecule has 0 spiro atoms. The Morgan fingerprint density at radius 2 is 2.33 bits per heavy atom. The lowest BCUT2D eigenvalue weighted by Crippen LogP contribution is -2.69. The molecule has 1 saturated heterocycles. The van der Waals surface area contributed by atoms with E-state index in [2.05, 4.69) is 5.32 Å². The van der Waals surface area contributed by atoms with E-state index in [4.69, 9.17) is 4.52 Å². The molecule has 24 heavy (non-hydrogen) atoms. The monoisotopic (exact) mass is 388 g/mol. The third-order valence-electron chi connectivity index (χ3n) is 3.87. The van der Waals surface area contributed by atoms with Crippen LogP contribution in [0.3, 0.4) is 0 Å². The maximum atomic E-state index is 12.4. The van der Waals surface area contributed by atoms with E-state index in [1.54, 1.807) is 6.92 Å². The molecule has 2 amide bonds. The second-order valence-electron chi connectivity index (χ2n) is 5.52. The number of thioether (sulfide) groups is 1. The molecule has 2 aliphatic rings. The van der Waals surface area contributed by atoms with Crippen LogP contribution >= 0.6 is 30.7 Å². The van der Waals surface area contributed by atoms with E-state index in [-0.39, 0.29) is 29.0 Å². The molecule has 2 aliphatic heterocycles. The number of carbonyl (C=O) groups excluding carboxylic acids is 2. The van der Waals surface area contributed by atoms with E-state index >= 15 is 0 Å². The lowest BCUT2D eigenvalue weighted by molar-refractivity contribution is -0.145. The molecule has 0 saturated carbocycles. The Hall–Kier alpha value is -1.12. The minimum absolute atomic E-state index is 0.0440. The predicted molar refractivity (Wildman–Crippen MR) is 92.6 cm³/mol. The van der Waals surface area contributed by atoms with Crippen LogP contribution in [-0.4, -0.2) is 45.9 Å². The minimum atomic E-state index is -4.03. The van der Waals surface area contributed by atoms with Gasteiger partial charge in [0.2, 0.25) is 5.91 Å². The maximum absolute atomic E-state index is 12.4. The van der Waals surface area contributed by atoms with Crippen molar-refractivity contribution < 1.29 is 23.6 Å². The summed E-state index contributed by atoms with van der Waals surface area (Å²) in [6, 6.07) is 3.05. The fourth-order valence-corrected chi connectivity index (χ4v) is 6.14. The van der Waals surface area contributed by atoms with Gasteiger partial charge in [0.25, 0.3) is 5.91 Å². The molecule has 0 aliphatic carbocycles. The summed E-state index contributed by atoms with van der Waals surface area (Å²) >= 11 is 2.94. The van der Waals surface area contributed by atoms with Crippen molar-refractivity contribution in [2.75, 3.05) is 12.9 Å². The van der Waals surface area contributed by atoms with Crippen molar-refractivity contribution in [3.63, 3.8) is 0 Å². The first kappa shape index (κ1) is 17.7. The highest BCUT2D eigenvalue weighted by atomic mass is 32.2. The molecular formula is C14H17N2O5PS2. The normalized spacial score (nSPS) is 25.8. The molecule has 2 N–H and O–H groups in total. The average molecular weight is 388 g/mol. The maximum Gasteiger partial charge on any atom is 0.374 e. The number of carbonyl (C=O) groups is 2. The Balaban J connectivity index is 1.72. The van der Waals surface area contributed by atoms with Gasteiger partial charge in [-0.3, -0.25) is 19.1 Å². The van der Waals surface area contributed by atoms with Crippen molar-refractivity contribution in [1.29, 1.82) is 0 Å². The van der Waals surface area contributed by atoms with E-state index in [9.17, 15) is 19.0 Å². The molecule has 3 atom stereocenters. The Morgan fingerprint density at radius 1 is 1.58 bits per heavy atom. The molecule has 7 nitrogen and oxygen atoms in total. The number of hydrogen-bond acceptors (Lipinski definition) is 6. The third kappa shape index (κ3) is 3.07. The van der Waals surface area contributed by atoms with Crippen LogP contribution < -0.4 is 5.32 Å². The Labute approximate surface area is 147 Å². The third-order valence-corrected chi connectivity index (χ3v) is 7.80. The summed E-state index contributed by atoms with van der Waals surface area (Å²) in [4.78, 5) is 36.7. The molecule has 0 bridgehead atoms. The molecule has 1 aromatic heterocycles. The quantitative estimate of drug-likeness (QED) is 0.589.